The first-order chi connectivity index (χ1) is 18.1. The first-order valence-corrected chi connectivity index (χ1v) is 14.5. The highest BCUT2D eigenvalue weighted by atomic mass is 79.9. The molecule has 0 bridgehead atoms. The highest BCUT2D eigenvalue weighted by Gasteiger charge is 2.36. The Kier molecular flexibility index (Phi) is 8.63. The van der Waals surface area contributed by atoms with Crippen LogP contribution < -0.4 is 0 Å². The zero-order chi connectivity index (χ0) is 27.6. The molecular weight excluding hydrogens is 608 g/mol. The van der Waals surface area contributed by atoms with Crippen molar-refractivity contribution in [1.29, 1.82) is 0 Å². The number of hydrogen-bond acceptors (Lipinski definition) is 2. The second-order valence-corrected chi connectivity index (χ2v) is 12.0. The minimum absolute atomic E-state index is 0.353. The van der Waals surface area contributed by atoms with Crippen LogP contribution in [0.5, 0.6) is 0 Å². The molecule has 0 saturated carbocycles. The second kappa shape index (κ2) is 11.6. The lowest BCUT2D eigenvalue weighted by Crippen LogP contribution is -2.25. The first kappa shape index (κ1) is 28.3. The van der Waals surface area contributed by atoms with Gasteiger partial charge in [-0.25, -0.2) is 4.79 Å². The molecule has 0 spiro atoms. The van der Waals surface area contributed by atoms with Gasteiger partial charge in [0.1, 0.15) is 5.41 Å². The highest BCUT2D eigenvalue weighted by Crippen LogP contribution is 2.48. The van der Waals surface area contributed by atoms with E-state index in [1.54, 1.807) is 19.1 Å². The van der Waals surface area contributed by atoms with Crippen LogP contribution in [0, 0.1) is 5.41 Å². The van der Waals surface area contributed by atoms with E-state index in [0.717, 1.165) is 61.3 Å². The predicted molar refractivity (Wildman–Crippen MR) is 161 cm³/mol. The van der Waals surface area contributed by atoms with Crippen molar-refractivity contribution in [2.45, 2.75) is 58.3 Å². The molecule has 0 radical (unpaired) electrons. The molecule has 6 heteroatoms. The monoisotopic (exact) mass is 638 g/mol. The van der Waals surface area contributed by atoms with Gasteiger partial charge in [-0.3, -0.25) is 4.79 Å². The maximum Gasteiger partial charge on any atom is 0.329 e. The van der Waals surface area contributed by atoms with Gasteiger partial charge in [0.05, 0.1) is 0 Å². The fourth-order valence-corrected chi connectivity index (χ4v) is 6.41. The van der Waals surface area contributed by atoms with Crippen LogP contribution in [-0.2, 0) is 16.0 Å². The van der Waals surface area contributed by atoms with E-state index in [2.05, 4.69) is 57.5 Å². The summed E-state index contributed by atoms with van der Waals surface area (Å²) in [5, 5.41) is 19.0. The number of fused-ring (bicyclic) bond motifs is 3. The van der Waals surface area contributed by atoms with Crippen molar-refractivity contribution in [2.24, 2.45) is 5.41 Å². The number of aliphatic carboxylic acids is 2. The van der Waals surface area contributed by atoms with Gasteiger partial charge in [0.15, 0.2) is 0 Å². The largest absolute Gasteiger partial charge is 0.480 e. The second-order valence-electron chi connectivity index (χ2n) is 10.3. The lowest BCUT2D eigenvalue weighted by Gasteiger charge is -2.31. The van der Waals surface area contributed by atoms with Crippen molar-refractivity contribution < 1.29 is 19.8 Å². The quantitative estimate of drug-likeness (QED) is 0.220. The Balaban J connectivity index is 1.88. The minimum Gasteiger partial charge on any atom is -0.480 e. The Morgan fingerprint density at radius 2 is 1.97 bits per heavy atom. The lowest BCUT2D eigenvalue weighted by molar-refractivity contribution is -0.143. The Morgan fingerprint density at radius 3 is 2.63 bits per heavy atom. The maximum absolute atomic E-state index is 12.1. The van der Waals surface area contributed by atoms with Crippen LogP contribution in [-0.4, -0.2) is 22.2 Å². The van der Waals surface area contributed by atoms with Gasteiger partial charge in [0.2, 0.25) is 0 Å². The average Bonchev–Trinajstić information content (AvgIpc) is 3.01. The number of benzene rings is 1. The van der Waals surface area contributed by atoms with Crippen LogP contribution in [0.4, 0.5) is 0 Å². The summed E-state index contributed by atoms with van der Waals surface area (Å²) in [6, 6.07) is 4.61. The molecule has 0 aliphatic heterocycles. The third-order valence-electron chi connectivity index (χ3n) is 7.77. The van der Waals surface area contributed by atoms with Crippen molar-refractivity contribution in [3.8, 4) is 0 Å². The molecule has 38 heavy (non-hydrogen) atoms. The number of halogens is 2. The van der Waals surface area contributed by atoms with E-state index in [9.17, 15) is 14.7 Å². The van der Waals surface area contributed by atoms with Gasteiger partial charge >= 0.3 is 11.9 Å². The van der Waals surface area contributed by atoms with Gasteiger partial charge in [-0.1, -0.05) is 88.6 Å². The standard InChI is InChI=1S/C32H32Br2O4/c1-4-6-7-20-14-19(5-2)24(11-10-23(33)17-30(35)36)28-15-21-8-9-22-16-29(34)32(3,31(37)38)13-12-25(22)26(21)18-27(20)28/h5,10-13,15-18,20H,2,4,6-9,14H2,1,3H3,(H,35,36)(H,37,38)/b11-10-,23-17-. The molecule has 0 heterocycles. The smallest absolute Gasteiger partial charge is 0.329 e. The fraction of sp³-hybridized carbons (Fsp3) is 0.312. The van der Waals surface area contributed by atoms with Crippen molar-refractivity contribution in [2.75, 3.05) is 0 Å². The Hall–Kier alpha value is -2.70. The predicted octanol–water partition coefficient (Wildman–Crippen LogP) is 8.86. The molecule has 2 atom stereocenters. The average molecular weight is 640 g/mol. The number of carboxylic acid groups (broad SMARTS) is 2. The molecular formula is C32H32Br2O4. The number of rotatable bonds is 8. The number of carbonyl (C=O) groups is 2. The van der Waals surface area contributed by atoms with Crippen LogP contribution in [0.1, 0.15) is 74.1 Å². The van der Waals surface area contributed by atoms with Crippen molar-refractivity contribution in [3.05, 3.63) is 104 Å². The first-order valence-electron chi connectivity index (χ1n) is 12.9. The Labute approximate surface area is 241 Å². The third-order valence-corrected chi connectivity index (χ3v) is 9.31. The normalized spacial score (nSPS) is 23.0. The van der Waals surface area contributed by atoms with Crippen LogP contribution >= 0.6 is 31.9 Å². The third kappa shape index (κ3) is 5.52. The summed E-state index contributed by atoms with van der Waals surface area (Å²) in [5.41, 5.74) is 8.24. The number of hydrogen-bond donors (Lipinski definition) is 2. The van der Waals surface area contributed by atoms with Gasteiger partial charge in [0.25, 0.3) is 0 Å². The summed E-state index contributed by atoms with van der Waals surface area (Å²) in [6.45, 7) is 8.02. The summed E-state index contributed by atoms with van der Waals surface area (Å²) in [7, 11) is 0. The number of aryl methyl sites for hydroxylation is 1. The van der Waals surface area contributed by atoms with Crippen LogP contribution in [0.2, 0.25) is 0 Å². The zero-order valence-corrected chi connectivity index (χ0v) is 24.9. The van der Waals surface area contributed by atoms with Gasteiger partial charge in [0, 0.05) is 15.0 Å². The van der Waals surface area contributed by atoms with E-state index < -0.39 is 17.4 Å². The molecule has 2 unspecified atom stereocenters. The molecule has 0 fully saturated rings. The van der Waals surface area contributed by atoms with Crippen LogP contribution in [0.3, 0.4) is 0 Å². The van der Waals surface area contributed by atoms with Crippen molar-refractivity contribution in [3.63, 3.8) is 0 Å². The number of carboxylic acids is 2. The minimum atomic E-state index is -1.11. The summed E-state index contributed by atoms with van der Waals surface area (Å²) < 4.78 is 1.15. The lowest BCUT2D eigenvalue weighted by atomic mass is 9.73. The van der Waals surface area contributed by atoms with Crippen LogP contribution in [0.25, 0.3) is 11.1 Å². The molecule has 3 aliphatic rings. The van der Waals surface area contributed by atoms with E-state index in [-0.39, 0.29) is 0 Å². The molecule has 3 aliphatic carbocycles. The van der Waals surface area contributed by atoms with Gasteiger partial charge in [-0.15, -0.1) is 0 Å². The summed E-state index contributed by atoms with van der Waals surface area (Å²) >= 11 is 6.90. The molecule has 4 nitrogen and oxygen atoms in total. The van der Waals surface area contributed by atoms with Crippen molar-refractivity contribution in [1.82, 2.24) is 0 Å². The summed E-state index contributed by atoms with van der Waals surface area (Å²) in [5.74, 6) is -1.54. The van der Waals surface area contributed by atoms with Gasteiger partial charge in [-0.05, 0) is 101 Å². The van der Waals surface area contributed by atoms with E-state index in [1.807, 2.05) is 24.3 Å². The molecule has 2 N–H and O–H groups in total. The van der Waals surface area contributed by atoms with E-state index >= 15 is 0 Å². The molecule has 0 saturated heterocycles. The van der Waals surface area contributed by atoms with Crippen molar-refractivity contribution >= 4 is 54.9 Å². The van der Waals surface area contributed by atoms with E-state index in [0.29, 0.717) is 14.9 Å². The number of unbranched alkanes of at least 4 members (excludes halogenated alkanes) is 1. The number of allylic oxidation sites excluding steroid dienone is 10. The fourth-order valence-electron chi connectivity index (χ4n) is 5.51. The molecule has 1 aromatic rings. The molecule has 0 aromatic heterocycles. The van der Waals surface area contributed by atoms with Gasteiger partial charge < -0.3 is 10.2 Å². The molecule has 198 valence electrons. The van der Waals surface area contributed by atoms with Gasteiger partial charge in [-0.2, -0.15) is 0 Å². The highest BCUT2D eigenvalue weighted by molar-refractivity contribution is 9.12. The maximum atomic E-state index is 12.1. The zero-order valence-electron chi connectivity index (χ0n) is 21.7. The van der Waals surface area contributed by atoms with E-state index in [4.69, 9.17) is 5.11 Å². The molecule has 0 amide bonds. The van der Waals surface area contributed by atoms with E-state index in [1.165, 1.54) is 27.8 Å². The Bertz CT molecular complexity index is 1390. The summed E-state index contributed by atoms with van der Waals surface area (Å²) in [6.07, 6.45) is 18.5. The molecule has 1 aromatic carbocycles. The SMILES string of the molecule is C=CC1=C(/C=C\C(Br)=C\C(=O)O)c2cc3c(cc2C(CCCC)C1)C1=C(C=C(Br)C(C)(C(=O)O)C=C1)CC3. The molecule has 4 rings (SSSR count). The Morgan fingerprint density at radius 1 is 1.21 bits per heavy atom. The topological polar surface area (TPSA) is 74.6 Å². The summed E-state index contributed by atoms with van der Waals surface area (Å²) in [4.78, 5) is 23.2. The van der Waals surface area contributed by atoms with Crippen LogP contribution in [0.15, 0.2) is 81.4 Å².